The second-order valence-corrected chi connectivity index (χ2v) is 7.04. The summed E-state index contributed by atoms with van der Waals surface area (Å²) in [6.07, 6.45) is 0. The number of carbonyl (C=O) groups excluding carboxylic acids is 1. The molecule has 0 saturated heterocycles. The summed E-state index contributed by atoms with van der Waals surface area (Å²) >= 11 is 1.24. The molecule has 1 heterocycles. The number of hydrogen-bond donors (Lipinski definition) is 1. The summed E-state index contributed by atoms with van der Waals surface area (Å²) in [5.74, 6) is 1.29. The number of benzene rings is 2. The Kier molecular flexibility index (Phi) is 6.71. The molecule has 0 radical (unpaired) electrons. The lowest BCUT2D eigenvalue weighted by Crippen LogP contribution is -2.24. The number of nitrogens with one attached hydrogen (secondary N) is 1. The van der Waals surface area contributed by atoms with Crippen LogP contribution in [0.2, 0.25) is 0 Å². The molecule has 7 nitrogen and oxygen atoms in total. The Morgan fingerprint density at radius 2 is 1.90 bits per heavy atom. The molecule has 0 fully saturated rings. The Morgan fingerprint density at radius 3 is 2.62 bits per heavy atom. The zero-order valence-corrected chi connectivity index (χ0v) is 17.1. The molecule has 0 unspecified atom stereocenters. The first-order valence-electron chi connectivity index (χ1n) is 8.78. The van der Waals surface area contributed by atoms with Gasteiger partial charge in [-0.05, 0) is 29.8 Å². The van der Waals surface area contributed by atoms with Crippen molar-refractivity contribution in [1.29, 1.82) is 0 Å². The number of methoxy groups -OCH3 is 2. The molecule has 29 heavy (non-hydrogen) atoms. The Balaban J connectivity index is 1.57. The highest BCUT2D eigenvalue weighted by molar-refractivity contribution is 7.99. The number of thioether (sulfide) groups is 1. The maximum absolute atomic E-state index is 14.0. The molecule has 1 aromatic heterocycles. The number of halogens is 1. The molecule has 0 atom stereocenters. The van der Waals surface area contributed by atoms with E-state index in [9.17, 15) is 9.18 Å². The van der Waals surface area contributed by atoms with Crippen molar-refractivity contribution in [3.63, 3.8) is 0 Å². The summed E-state index contributed by atoms with van der Waals surface area (Å²) in [7, 11) is 4.87. The third kappa shape index (κ3) is 4.86. The lowest BCUT2D eigenvalue weighted by Gasteiger charge is -2.10. The molecule has 152 valence electrons. The van der Waals surface area contributed by atoms with E-state index >= 15 is 0 Å². The van der Waals surface area contributed by atoms with Gasteiger partial charge in [0.25, 0.3) is 0 Å². The van der Waals surface area contributed by atoms with Crippen molar-refractivity contribution >= 4 is 17.7 Å². The molecule has 1 N–H and O–H groups in total. The van der Waals surface area contributed by atoms with Gasteiger partial charge in [-0.25, -0.2) is 4.39 Å². The predicted octanol–water partition coefficient (Wildman–Crippen LogP) is 3.05. The number of rotatable bonds is 8. The second kappa shape index (κ2) is 9.42. The van der Waals surface area contributed by atoms with Crippen molar-refractivity contribution < 1.29 is 18.7 Å². The molecule has 9 heteroatoms. The van der Waals surface area contributed by atoms with E-state index in [0.29, 0.717) is 34.6 Å². The highest BCUT2D eigenvalue weighted by Crippen LogP contribution is 2.27. The molecule has 3 aromatic rings. The van der Waals surface area contributed by atoms with Crippen molar-refractivity contribution in [3.05, 3.63) is 53.8 Å². The van der Waals surface area contributed by atoms with Gasteiger partial charge in [0.2, 0.25) is 5.91 Å². The van der Waals surface area contributed by atoms with Gasteiger partial charge in [-0.1, -0.05) is 30.0 Å². The van der Waals surface area contributed by atoms with Gasteiger partial charge in [0.15, 0.2) is 22.5 Å². The Bertz CT molecular complexity index is 1010. The second-order valence-electron chi connectivity index (χ2n) is 6.10. The third-order valence-corrected chi connectivity index (χ3v) is 5.24. The topological polar surface area (TPSA) is 78.3 Å². The van der Waals surface area contributed by atoms with Crippen molar-refractivity contribution in [2.45, 2.75) is 11.7 Å². The van der Waals surface area contributed by atoms with Crippen LogP contribution >= 0.6 is 11.8 Å². The molecule has 1 amide bonds. The molecule has 0 bridgehead atoms. The van der Waals surface area contributed by atoms with Crippen molar-refractivity contribution in [2.24, 2.45) is 7.05 Å². The quantitative estimate of drug-likeness (QED) is 0.569. The van der Waals surface area contributed by atoms with E-state index in [-0.39, 0.29) is 17.5 Å². The van der Waals surface area contributed by atoms with Crippen LogP contribution in [0.25, 0.3) is 11.4 Å². The van der Waals surface area contributed by atoms with Gasteiger partial charge in [-0.2, -0.15) is 0 Å². The predicted molar refractivity (Wildman–Crippen MR) is 109 cm³/mol. The maximum atomic E-state index is 14.0. The lowest BCUT2D eigenvalue weighted by atomic mass is 10.2. The number of aromatic nitrogens is 3. The minimum atomic E-state index is -0.368. The standard InChI is InChI=1S/C20H21FN4O3S/c1-25-19(14-6-4-5-7-15(14)21)23-24-20(25)29-12-18(26)22-11-13-8-9-16(27-2)17(10-13)28-3/h4-10H,11-12H2,1-3H3,(H,22,26). The van der Waals surface area contributed by atoms with E-state index in [4.69, 9.17) is 9.47 Å². The first-order chi connectivity index (χ1) is 14.0. The van der Waals surface area contributed by atoms with E-state index in [2.05, 4.69) is 15.5 Å². The van der Waals surface area contributed by atoms with Crippen LogP contribution in [-0.2, 0) is 18.4 Å². The number of amides is 1. The van der Waals surface area contributed by atoms with E-state index in [0.717, 1.165) is 5.56 Å². The molecule has 3 rings (SSSR count). The fraction of sp³-hybridized carbons (Fsp3) is 0.250. The van der Waals surface area contributed by atoms with Crippen LogP contribution in [-0.4, -0.2) is 40.6 Å². The van der Waals surface area contributed by atoms with E-state index in [1.165, 1.54) is 17.8 Å². The number of ether oxygens (including phenoxy) is 2. The van der Waals surface area contributed by atoms with Crippen LogP contribution in [0, 0.1) is 5.82 Å². The zero-order chi connectivity index (χ0) is 20.8. The summed E-state index contributed by atoms with van der Waals surface area (Å²) in [6.45, 7) is 0.360. The maximum Gasteiger partial charge on any atom is 0.230 e. The van der Waals surface area contributed by atoms with Gasteiger partial charge < -0.3 is 19.4 Å². The van der Waals surface area contributed by atoms with Crippen molar-refractivity contribution in [2.75, 3.05) is 20.0 Å². The fourth-order valence-corrected chi connectivity index (χ4v) is 3.43. The van der Waals surface area contributed by atoms with E-state index in [1.54, 1.807) is 50.1 Å². The van der Waals surface area contributed by atoms with Gasteiger partial charge in [-0.15, -0.1) is 10.2 Å². The van der Waals surface area contributed by atoms with E-state index < -0.39 is 0 Å². The lowest BCUT2D eigenvalue weighted by molar-refractivity contribution is -0.118. The largest absolute Gasteiger partial charge is 0.493 e. The monoisotopic (exact) mass is 416 g/mol. The minimum absolute atomic E-state index is 0.153. The number of hydrogen-bond acceptors (Lipinski definition) is 6. The van der Waals surface area contributed by atoms with Gasteiger partial charge in [-0.3, -0.25) is 4.79 Å². The summed E-state index contributed by atoms with van der Waals surface area (Å²) < 4.78 is 26.1. The Labute approximate surface area is 172 Å². The van der Waals surface area contributed by atoms with Gasteiger partial charge in [0.1, 0.15) is 5.82 Å². The summed E-state index contributed by atoms with van der Waals surface area (Å²) in [5.41, 5.74) is 1.26. The molecule has 0 spiro atoms. The van der Waals surface area contributed by atoms with Crippen molar-refractivity contribution in [3.8, 4) is 22.9 Å². The third-order valence-electron chi connectivity index (χ3n) is 4.22. The fourth-order valence-electron chi connectivity index (χ4n) is 2.69. The molecule has 0 aliphatic heterocycles. The van der Waals surface area contributed by atoms with Crippen LogP contribution in [0.15, 0.2) is 47.6 Å². The normalized spacial score (nSPS) is 10.6. The zero-order valence-electron chi connectivity index (χ0n) is 16.3. The molecule has 0 aliphatic carbocycles. The number of nitrogens with zero attached hydrogens (tertiary/aromatic N) is 3. The summed E-state index contributed by atoms with van der Waals surface area (Å²) in [5, 5.41) is 11.5. The first kappa shape index (κ1) is 20.7. The van der Waals surface area contributed by atoms with Crippen LogP contribution in [0.1, 0.15) is 5.56 Å². The summed E-state index contributed by atoms with van der Waals surface area (Å²) in [6, 6.07) is 11.8. The van der Waals surface area contributed by atoms with Crippen LogP contribution < -0.4 is 14.8 Å². The van der Waals surface area contributed by atoms with Gasteiger partial charge in [0.05, 0.1) is 25.5 Å². The molecule has 2 aromatic carbocycles. The highest BCUT2D eigenvalue weighted by atomic mass is 32.2. The average Bonchev–Trinajstić information content (AvgIpc) is 3.11. The van der Waals surface area contributed by atoms with Crippen LogP contribution in [0.3, 0.4) is 0 Å². The minimum Gasteiger partial charge on any atom is -0.493 e. The highest BCUT2D eigenvalue weighted by Gasteiger charge is 2.15. The molecular formula is C20H21FN4O3S. The first-order valence-corrected chi connectivity index (χ1v) is 9.76. The Hall–Kier alpha value is -3.07. The van der Waals surface area contributed by atoms with Crippen LogP contribution in [0.4, 0.5) is 4.39 Å². The molecule has 0 saturated carbocycles. The van der Waals surface area contributed by atoms with Gasteiger partial charge in [0, 0.05) is 13.6 Å². The Morgan fingerprint density at radius 1 is 1.14 bits per heavy atom. The van der Waals surface area contributed by atoms with E-state index in [1.807, 2.05) is 12.1 Å². The molecule has 0 aliphatic rings. The van der Waals surface area contributed by atoms with Gasteiger partial charge >= 0.3 is 0 Å². The number of carbonyl (C=O) groups is 1. The summed E-state index contributed by atoms with van der Waals surface area (Å²) in [4.78, 5) is 12.2. The van der Waals surface area contributed by atoms with Crippen LogP contribution in [0.5, 0.6) is 11.5 Å². The smallest absolute Gasteiger partial charge is 0.230 e. The van der Waals surface area contributed by atoms with Crippen molar-refractivity contribution in [1.82, 2.24) is 20.1 Å². The SMILES string of the molecule is COc1ccc(CNC(=O)CSc2nnc(-c3ccccc3F)n2C)cc1OC. The average molecular weight is 416 g/mol. The molecular weight excluding hydrogens is 395 g/mol.